The molecular weight excluding hydrogens is 130 g/mol. The average molecular weight is 147 g/mol. The Morgan fingerprint density at radius 2 is 2.00 bits per heavy atom. The van der Waals surface area contributed by atoms with Crippen molar-refractivity contribution in [3.8, 4) is 0 Å². The minimum atomic E-state index is 0.817. The maximum atomic E-state index is 4.08. The Balaban J connectivity index is 2.75. The second kappa shape index (κ2) is 6.43. The van der Waals surface area contributed by atoms with Gasteiger partial charge < -0.3 is 5.32 Å². The summed E-state index contributed by atoms with van der Waals surface area (Å²) >= 11 is 4.08. The molecule has 1 N–H and O–H groups in total. The number of nitrogens with one attached hydrogen (secondary N) is 1. The summed E-state index contributed by atoms with van der Waals surface area (Å²) in [5, 5.41) is 3.29. The molecule has 0 saturated heterocycles. The zero-order chi connectivity index (χ0) is 7.11. The Morgan fingerprint density at radius 3 is 2.44 bits per heavy atom. The van der Waals surface area contributed by atoms with Crippen LogP contribution in [-0.2, 0) is 0 Å². The first-order chi connectivity index (χ1) is 4.27. The van der Waals surface area contributed by atoms with E-state index in [0.29, 0.717) is 0 Å². The molecule has 0 aliphatic rings. The molecule has 0 aliphatic carbocycles. The van der Waals surface area contributed by atoms with Gasteiger partial charge in [0.2, 0.25) is 0 Å². The highest BCUT2D eigenvalue weighted by Gasteiger charge is 1.90. The van der Waals surface area contributed by atoms with Gasteiger partial charge in [0.05, 0.1) is 0 Å². The lowest BCUT2D eigenvalue weighted by molar-refractivity contribution is 0.547. The third kappa shape index (κ3) is 8.31. The highest BCUT2D eigenvalue weighted by atomic mass is 32.1. The van der Waals surface area contributed by atoms with Gasteiger partial charge in [-0.3, -0.25) is 0 Å². The van der Waals surface area contributed by atoms with E-state index in [-0.39, 0.29) is 0 Å². The Hall–Kier alpha value is 0.310. The summed E-state index contributed by atoms with van der Waals surface area (Å²) in [6.07, 6.45) is 1.27. The number of rotatable bonds is 5. The molecule has 56 valence electrons. The molecule has 0 heterocycles. The van der Waals surface area contributed by atoms with Gasteiger partial charge in [-0.2, -0.15) is 12.6 Å². The van der Waals surface area contributed by atoms with Gasteiger partial charge in [0.15, 0.2) is 0 Å². The molecule has 1 nitrogen and oxygen atoms in total. The van der Waals surface area contributed by atoms with Crippen LogP contribution in [0.25, 0.3) is 0 Å². The van der Waals surface area contributed by atoms with Crippen molar-refractivity contribution >= 4 is 12.6 Å². The normalized spacial score (nSPS) is 10.7. The molecule has 0 fully saturated rings. The Morgan fingerprint density at radius 1 is 1.33 bits per heavy atom. The van der Waals surface area contributed by atoms with Crippen LogP contribution in [0.4, 0.5) is 0 Å². The highest BCUT2D eigenvalue weighted by Crippen LogP contribution is 1.95. The van der Waals surface area contributed by atoms with Crippen molar-refractivity contribution in [3.63, 3.8) is 0 Å². The van der Waals surface area contributed by atoms with Gasteiger partial charge in [-0.25, -0.2) is 0 Å². The first-order valence-electron chi connectivity index (χ1n) is 3.59. The molecular formula is C7H17NS. The largest absolute Gasteiger partial charge is 0.316 e. The lowest BCUT2D eigenvalue weighted by atomic mass is 10.1. The summed E-state index contributed by atoms with van der Waals surface area (Å²) in [5.74, 6) is 1.76. The fourth-order valence-electron chi connectivity index (χ4n) is 0.595. The SMILES string of the molecule is CC(C)CCNCCS. The summed E-state index contributed by atoms with van der Waals surface area (Å²) in [4.78, 5) is 0. The molecule has 0 aromatic rings. The van der Waals surface area contributed by atoms with Crippen molar-refractivity contribution in [2.45, 2.75) is 20.3 Å². The molecule has 0 aromatic heterocycles. The number of thiol groups is 1. The molecule has 0 atom stereocenters. The van der Waals surface area contributed by atoms with E-state index in [2.05, 4.69) is 31.8 Å². The average Bonchev–Trinajstić information content (AvgIpc) is 1.80. The van der Waals surface area contributed by atoms with E-state index in [0.717, 1.165) is 24.8 Å². The first-order valence-corrected chi connectivity index (χ1v) is 4.22. The first kappa shape index (κ1) is 9.31. The molecule has 2 heteroatoms. The van der Waals surface area contributed by atoms with Crippen LogP contribution < -0.4 is 5.32 Å². The smallest absolute Gasteiger partial charge is 0.00397 e. The van der Waals surface area contributed by atoms with Crippen LogP contribution in [0, 0.1) is 5.92 Å². The summed E-state index contributed by atoms with van der Waals surface area (Å²) in [5.41, 5.74) is 0. The van der Waals surface area contributed by atoms with E-state index in [4.69, 9.17) is 0 Å². The summed E-state index contributed by atoms with van der Waals surface area (Å²) < 4.78 is 0. The second-order valence-electron chi connectivity index (χ2n) is 2.66. The van der Waals surface area contributed by atoms with E-state index < -0.39 is 0 Å². The third-order valence-corrected chi connectivity index (χ3v) is 1.41. The predicted octanol–water partition coefficient (Wildman–Crippen LogP) is 1.55. The fourth-order valence-corrected chi connectivity index (χ4v) is 0.753. The number of hydrogen-bond donors (Lipinski definition) is 2. The van der Waals surface area contributed by atoms with Crippen molar-refractivity contribution in [2.75, 3.05) is 18.8 Å². The monoisotopic (exact) mass is 147 g/mol. The van der Waals surface area contributed by atoms with Crippen molar-refractivity contribution in [2.24, 2.45) is 5.92 Å². The molecule has 0 spiro atoms. The lowest BCUT2D eigenvalue weighted by Gasteiger charge is -2.04. The van der Waals surface area contributed by atoms with E-state index in [1.165, 1.54) is 6.42 Å². The van der Waals surface area contributed by atoms with Crippen molar-refractivity contribution in [1.82, 2.24) is 5.32 Å². The second-order valence-corrected chi connectivity index (χ2v) is 3.10. The van der Waals surface area contributed by atoms with Gasteiger partial charge >= 0.3 is 0 Å². The minimum Gasteiger partial charge on any atom is -0.316 e. The summed E-state index contributed by atoms with van der Waals surface area (Å²) in [6.45, 7) is 6.65. The summed E-state index contributed by atoms with van der Waals surface area (Å²) in [7, 11) is 0. The van der Waals surface area contributed by atoms with Crippen LogP contribution in [0.5, 0.6) is 0 Å². The van der Waals surface area contributed by atoms with E-state index in [1.54, 1.807) is 0 Å². The van der Waals surface area contributed by atoms with Crippen LogP contribution in [0.1, 0.15) is 20.3 Å². The topological polar surface area (TPSA) is 12.0 Å². The Labute approximate surface area is 63.6 Å². The highest BCUT2D eigenvalue weighted by molar-refractivity contribution is 7.80. The molecule has 0 saturated carbocycles. The van der Waals surface area contributed by atoms with Crippen molar-refractivity contribution in [1.29, 1.82) is 0 Å². The van der Waals surface area contributed by atoms with Gasteiger partial charge in [0.25, 0.3) is 0 Å². The van der Waals surface area contributed by atoms with Crippen LogP contribution in [0.2, 0.25) is 0 Å². The Kier molecular flexibility index (Phi) is 6.65. The van der Waals surface area contributed by atoms with Gasteiger partial charge in [0, 0.05) is 12.3 Å². The van der Waals surface area contributed by atoms with Crippen molar-refractivity contribution in [3.05, 3.63) is 0 Å². The predicted molar refractivity (Wildman–Crippen MR) is 46.2 cm³/mol. The van der Waals surface area contributed by atoms with Crippen LogP contribution >= 0.6 is 12.6 Å². The molecule has 0 aliphatic heterocycles. The fraction of sp³-hybridized carbons (Fsp3) is 1.00. The molecule has 0 aromatic carbocycles. The zero-order valence-electron chi connectivity index (χ0n) is 6.35. The minimum absolute atomic E-state index is 0.817. The molecule has 9 heavy (non-hydrogen) atoms. The quantitative estimate of drug-likeness (QED) is 0.444. The van der Waals surface area contributed by atoms with Gasteiger partial charge in [-0.1, -0.05) is 13.8 Å². The maximum absolute atomic E-state index is 4.08. The molecule has 0 rings (SSSR count). The summed E-state index contributed by atoms with van der Waals surface area (Å²) in [6, 6.07) is 0. The number of hydrogen-bond acceptors (Lipinski definition) is 2. The molecule has 0 radical (unpaired) electrons. The Bertz CT molecular complexity index is 54.9. The third-order valence-electron chi connectivity index (χ3n) is 1.19. The molecule has 0 bridgehead atoms. The molecule has 0 amide bonds. The maximum Gasteiger partial charge on any atom is 0.00397 e. The zero-order valence-corrected chi connectivity index (χ0v) is 7.25. The van der Waals surface area contributed by atoms with Crippen LogP contribution in [0.3, 0.4) is 0 Å². The van der Waals surface area contributed by atoms with Gasteiger partial charge in [-0.15, -0.1) is 0 Å². The van der Waals surface area contributed by atoms with Crippen molar-refractivity contribution < 1.29 is 0 Å². The van der Waals surface area contributed by atoms with E-state index in [9.17, 15) is 0 Å². The standard InChI is InChI=1S/C7H17NS/c1-7(2)3-4-8-5-6-9/h7-9H,3-6H2,1-2H3. The lowest BCUT2D eigenvalue weighted by Crippen LogP contribution is -2.18. The van der Waals surface area contributed by atoms with E-state index in [1.807, 2.05) is 0 Å². The van der Waals surface area contributed by atoms with E-state index >= 15 is 0 Å². The van der Waals surface area contributed by atoms with Crippen LogP contribution in [-0.4, -0.2) is 18.8 Å². The molecule has 0 unspecified atom stereocenters. The van der Waals surface area contributed by atoms with Gasteiger partial charge in [-0.05, 0) is 18.9 Å². The van der Waals surface area contributed by atoms with Gasteiger partial charge in [0.1, 0.15) is 0 Å². The van der Waals surface area contributed by atoms with Crippen LogP contribution in [0.15, 0.2) is 0 Å².